The van der Waals surface area contributed by atoms with Crippen LogP contribution >= 0.6 is 0 Å². The normalized spacial score (nSPS) is 16.2. The molecule has 0 heterocycles. The second-order valence-electron chi connectivity index (χ2n) is 6.75. The van der Waals surface area contributed by atoms with Crippen LogP contribution in [0.1, 0.15) is 55.7 Å². The van der Waals surface area contributed by atoms with Crippen LogP contribution in [0.15, 0.2) is 12.1 Å². The average molecular weight is 317 g/mol. The van der Waals surface area contributed by atoms with Gasteiger partial charge in [-0.25, -0.2) is 0 Å². The predicted octanol–water partition coefficient (Wildman–Crippen LogP) is 4.06. The number of esters is 1. The van der Waals surface area contributed by atoms with Gasteiger partial charge in [0.25, 0.3) is 5.91 Å². The Bertz CT molecular complexity index is 565. The summed E-state index contributed by atoms with van der Waals surface area (Å²) in [6.45, 7) is 7.58. The number of rotatable bonds is 5. The third-order valence-corrected chi connectivity index (χ3v) is 4.53. The number of anilines is 1. The minimum absolute atomic E-state index is 0.267. The molecule has 0 aliphatic heterocycles. The second kappa shape index (κ2) is 7.62. The predicted molar refractivity (Wildman–Crippen MR) is 91.4 cm³/mol. The smallest absolute Gasteiger partial charge is 0.306 e. The summed E-state index contributed by atoms with van der Waals surface area (Å²) >= 11 is 0. The van der Waals surface area contributed by atoms with Crippen LogP contribution in [0.25, 0.3) is 0 Å². The van der Waals surface area contributed by atoms with Crippen molar-refractivity contribution < 1.29 is 14.3 Å². The first-order chi connectivity index (χ1) is 10.9. The number of carbonyl (C=O) groups is 2. The molecule has 1 aromatic carbocycles. The molecule has 1 atom stereocenters. The lowest BCUT2D eigenvalue weighted by molar-refractivity contribution is -0.154. The van der Waals surface area contributed by atoms with Crippen molar-refractivity contribution >= 4 is 17.6 Å². The van der Waals surface area contributed by atoms with Crippen LogP contribution in [0.5, 0.6) is 0 Å². The van der Waals surface area contributed by atoms with Crippen molar-refractivity contribution in [2.45, 2.75) is 65.9 Å². The van der Waals surface area contributed by atoms with Crippen molar-refractivity contribution in [2.75, 3.05) is 5.32 Å². The summed E-state index contributed by atoms with van der Waals surface area (Å²) in [7, 11) is 0. The maximum atomic E-state index is 12.3. The Balaban J connectivity index is 1.91. The minimum Gasteiger partial charge on any atom is -0.453 e. The summed E-state index contributed by atoms with van der Waals surface area (Å²) < 4.78 is 5.30. The molecule has 0 saturated heterocycles. The fraction of sp³-hybridized carbons (Fsp3) is 0.579. The second-order valence-corrected chi connectivity index (χ2v) is 6.75. The highest BCUT2D eigenvalue weighted by Crippen LogP contribution is 2.28. The van der Waals surface area contributed by atoms with Gasteiger partial charge in [0.1, 0.15) is 0 Å². The Morgan fingerprint density at radius 2 is 1.74 bits per heavy atom. The number of amides is 1. The number of benzene rings is 1. The standard InChI is InChI=1S/C19H27NO3/c1-12-9-13(2)18(14(3)10-12)20-19(22)15(4)23-17(21)11-16-7-5-6-8-16/h9-10,15-16H,5-8,11H2,1-4H3,(H,20,22)/t15-/m0/s1. The molecule has 1 aliphatic rings. The van der Waals surface area contributed by atoms with Gasteiger partial charge in [-0.3, -0.25) is 9.59 Å². The Labute approximate surface area is 138 Å². The zero-order chi connectivity index (χ0) is 17.0. The van der Waals surface area contributed by atoms with Crippen LogP contribution in [0.2, 0.25) is 0 Å². The van der Waals surface area contributed by atoms with Gasteiger partial charge in [0.2, 0.25) is 0 Å². The SMILES string of the molecule is Cc1cc(C)c(NC(=O)[C@H](C)OC(=O)CC2CCCC2)c(C)c1. The Morgan fingerprint density at radius 3 is 2.30 bits per heavy atom. The van der Waals surface area contributed by atoms with E-state index in [9.17, 15) is 9.59 Å². The summed E-state index contributed by atoms with van der Waals surface area (Å²) in [5, 5.41) is 2.89. The lowest BCUT2D eigenvalue weighted by Crippen LogP contribution is -2.31. The quantitative estimate of drug-likeness (QED) is 0.833. The summed E-state index contributed by atoms with van der Waals surface area (Å²) in [5.74, 6) is -0.115. The Kier molecular flexibility index (Phi) is 5.80. The van der Waals surface area contributed by atoms with Crippen LogP contribution in [0, 0.1) is 26.7 Å². The Morgan fingerprint density at radius 1 is 1.17 bits per heavy atom. The van der Waals surface area contributed by atoms with Crippen molar-refractivity contribution in [1.29, 1.82) is 0 Å². The third-order valence-electron chi connectivity index (χ3n) is 4.53. The number of aryl methyl sites for hydroxylation is 3. The van der Waals surface area contributed by atoms with E-state index in [1.807, 2.05) is 32.9 Å². The molecule has 1 fully saturated rings. The molecular weight excluding hydrogens is 290 g/mol. The molecule has 0 aromatic heterocycles. The molecule has 0 bridgehead atoms. The van der Waals surface area contributed by atoms with E-state index >= 15 is 0 Å². The van der Waals surface area contributed by atoms with Gasteiger partial charge in [-0.2, -0.15) is 0 Å². The summed E-state index contributed by atoms with van der Waals surface area (Å²) in [6, 6.07) is 4.05. The van der Waals surface area contributed by atoms with Crippen molar-refractivity contribution in [3.8, 4) is 0 Å². The first kappa shape index (κ1) is 17.5. The van der Waals surface area contributed by atoms with Crippen LogP contribution in [0.3, 0.4) is 0 Å². The van der Waals surface area contributed by atoms with Gasteiger partial charge in [0, 0.05) is 12.1 Å². The number of hydrogen-bond donors (Lipinski definition) is 1. The molecule has 1 aromatic rings. The first-order valence-corrected chi connectivity index (χ1v) is 8.45. The van der Waals surface area contributed by atoms with Crippen LogP contribution in [-0.2, 0) is 14.3 Å². The molecule has 4 nitrogen and oxygen atoms in total. The summed E-state index contributed by atoms with van der Waals surface area (Å²) in [6.07, 6.45) is 4.23. The minimum atomic E-state index is -0.774. The van der Waals surface area contributed by atoms with Gasteiger partial charge < -0.3 is 10.1 Å². The highest BCUT2D eigenvalue weighted by atomic mass is 16.5. The zero-order valence-electron chi connectivity index (χ0n) is 14.6. The lowest BCUT2D eigenvalue weighted by atomic mass is 10.0. The van der Waals surface area contributed by atoms with E-state index in [0.29, 0.717) is 12.3 Å². The molecule has 0 unspecified atom stereocenters. The molecular formula is C19H27NO3. The maximum absolute atomic E-state index is 12.3. The van der Waals surface area contributed by atoms with Gasteiger partial charge in [0.15, 0.2) is 6.10 Å². The highest BCUT2D eigenvalue weighted by Gasteiger charge is 2.23. The van der Waals surface area contributed by atoms with E-state index in [4.69, 9.17) is 4.74 Å². The van der Waals surface area contributed by atoms with Gasteiger partial charge >= 0.3 is 5.97 Å². The third kappa shape index (κ3) is 4.81. The molecule has 126 valence electrons. The number of carbonyl (C=O) groups excluding carboxylic acids is 2. The topological polar surface area (TPSA) is 55.4 Å². The maximum Gasteiger partial charge on any atom is 0.306 e. The summed E-state index contributed by atoms with van der Waals surface area (Å²) in [4.78, 5) is 24.2. The van der Waals surface area contributed by atoms with Gasteiger partial charge in [0.05, 0.1) is 0 Å². The number of hydrogen-bond acceptors (Lipinski definition) is 3. The monoisotopic (exact) mass is 317 g/mol. The first-order valence-electron chi connectivity index (χ1n) is 8.45. The zero-order valence-corrected chi connectivity index (χ0v) is 14.6. The fourth-order valence-electron chi connectivity index (χ4n) is 3.35. The van der Waals surface area contributed by atoms with Crippen molar-refractivity contribution in [1.82, 2.24) is 0 Å². The van der Waals surface area contributed by atoms with E-state index in [-0.39, 0.29) is 11.9 Å². The lowest BCUT2D eigenvalue weighted by Gasteiger charge is -2.17. The van der Waals surface area contributed by atoms with E-state index in [0.717, 1.165) is 35.2 Å². The van der Waals surface area contributed by atoms with Gasteiger partial charge in [-0.1, -0.05) is 30.5 Å². The van der Waals surface area contributed by atoms with Crippen LogP contribution < -0.4 is 5.32 Å². The van der Waals surface area contributed by atoms with Crippen molar-refractivity contribution in [3.63, 3.8) is 0 Å². The average Bonchev–Trinajstić information content (AvgIpc) is 2.95. The molecule has 0 spiro atoms. The number of nitrogens with one attached hydrogen (secondary N) is 1. The molecule has 0 radical (unpaired) electrons. The van der Waals surface area contributed by atoms with Crippen LogP contribution in [-0.4, -0.2) is 18.0 Å². The molecule has 1 saturated carbocycles. The van der Waals surface area contributed by atoms with E-state index in [1.54, 1.807) is 6.92 Å². The molecule has 23 heavy (non-hydrogen) atoms. The molecule has 1 amide bonds. The fourth-order valence-corrected chi connectivity index (χ4v) is 3.35. The molecule has 1 aliphatic carbocycles. The van der Waals surface area contributed by atoms with Crippen LogP contribution in [0.4, 0.5) is 5.69 Å². The van der Waals surface area contributed by atoms with Gasteiger partial charge in [-0.05, 0) is 57.6 Å². The van der Waals surface area contributed by atoms with E-state index in [2.05, 4.69) is 5.32 Å². The van der Waals surface area contributed by atoms with Gasteiger partial charge in [-0.15, -0.1) is 0 Å². The van der Waals surface area contributed by atoms with E-state index < -0.39 is 6.10 Å². The van der Waals surface area contributed by atoms with E-state index in [1.165, 1.54) is 12.8 Å². The molecule has 2 rings (SSSR count). The molecule has 4 heteroatoms. The largest absolute Gasteiger partial charge is 0.453 e. The number of ether oxygens (including phenoxy) is 1. The Hall–Kier alpha value is -1.84. The highest BCUT2D eigenvalue weighted by molar-refractivity contribution is 5.96. The molecule has 1 N–H and O–H groups in total. The summed E-state index contributed by atoms with van der Waals surface area (Å²) in [5.41, 5.74) is 3.99. The van der Waals surface area contributed by atoms with Crippen molar-refractivity contribution in [2.24, 2.45) is 5.92 Å². The van der Waals surface area contributed by atoms with Crippen molar-refractivity contribution in [3.05, 3.63) is 28.8 Å².